The Labute approximate surface area is 190 Å². The van der Waals surface area contributed by atoms with E-state index in [-0.39, 0.29) is 41.5 Å². The van der Waals surface area contributed by atoms with E-state index in [2.05, 4.69) is 78.0 Å². The summed E-state index contributed by atoms with van der Waals surface area (Å²) < 4.78 is 0. The number of amides is 2. The maximum absolute atomic E-state index is 12.8. The van der Waals surface area contributed by atoms with Gasteiger partial charge in [0.2, 0.25) is 11.8 Å². The van der Waals surface area contributed by atoms with Crippen molar-refractivity contribution in [1.82, 2.24) is 20.4 Å². The van der Waals surface area contributed by atoms with Gasteiger partial charge < -0.3 is 15.5 Å². The summed E-state index contributed by atoms with van der Waals surface area (Å²) in [7, 11) is 5.90. The average Bonchev–Trinajstić information content (AvgIpc) is 3.45. The second-order valence-electron chi connectivity index (χ2n) is 9.45. The molecule has 2 amide bonds. The molecule has 2 fully saturated rings. The third-order valence-corrected chi connectivity index (χ3v) is 7.18. The van der Waals surface area contributed by atoms with Crippen molar-refractivity contribution in [2.75, 3.05) is 40.8 Å². The predicted octanol–water partition coefficient (Wildman–Crippen LogP) is 1.96. The van der Waals surface area contributed by atoms with Crippen LogP contribution in [0.1, 0.15) is 30.0 Å². The van der Waals surface area contributed by atoms with Crippen LogP contribution in [0, 0.1) is 30.6 Å². The van der Waals surface area contributed by atoms with Crippen LogP contribution in [-0.4, -0.2) is 68.4 Å². The molecule has 2 bridgehead atoms. The molecule has 32 heavy (non-hydrogen) atoms. The molecule has 1 aromatic carbocycles. The first kappa shape index (κ1) is 22.5. The van der Waals surface area contributed by atoms with Crippen molar-refractivity contribution < 1.29 is 9.59 Å². The Morgan fingerprint density at radius 1 is 1.09 bits per heavy atom. The molecular formula is C25H35N5O2. The largest absolute Gasteiger partial charge is 0.356 e. The van der Waals surface area contributed by atoms with Crippen molar-refractivity contribution in [2.24, 2.45) is 28.7 Å². The summed E-state index contributed by atoms with van der Waals surface area (Å²) in [5, 5.41) is 6.72. The number of aliphatic imine (C=N–C) groups is 1. The molecule has 1 saturated carbocycles. The standard InChI is InChI=1S/C25H35N5O2/c1-16-6-8-17(9-7-16)20(29(3)4)15-28-25(26-2)27-12-5-13-30-23(31)21-18-10-11-19(14-18)22(21)24(30)32/h6-11,18-22H,5,12-15H2,1-4H3,(H2,26,27,28). The van der Waals surface area contributed by atoms with E-state index in [0.29, 0.717) is 19.5 Å². The van der Waals surface area contributed by atoms with E-state index in [1.807, 2.05) is 0 Å². The van der Waals surface area contributed by atoms with Gasteiger partial charge in [-0.2, -0.15) is 0 Å². The minimum atomic E-state index is -0.107. The first-order chi connectivity index (χ1) is 15.4. The summed E-state index contributed by atoms with van der Waals surface area (Å²) >= 11 is 0. The van der Waals surface area contributed by atoms with Crippen molar-refractivity contribution in [3.63, 3.8) is 0 Å². The highest BCUT2D eigenvalue weighted by Gasteiger charge is 2.58. The van der Waals surface area contributed by atoms with Crippen molar-refractivity contribution in [3.8, 4) is 0 Å². The number of rotatable bonds is 8. The van der Waals surface area contributed by atoms with Crippen LogP contribution in [0.25, 0.3) is 0 Å². The van der Waals surface area contributed by atoms with Crippen molar-refractivity contribution >= 4 is 17.8 Å². The highest BCUT2D eigenvalue weighted by molar-refractivity contribution is 6.06. The third-order valence-electron chi connectivity index (χ3n) is 7.18. The quantitative estimate of drug-likeness (QED) is 0.214. The minimum absolute atomic E-state index is 0.0336. The summed E-state index contributed by atoms with van der Waals surface area (Å²) in [6.45, 7) is 3.93. The lowest BCUT2D eigenvalue weighted by molar-refractivity contribution is -0.140. The van der Waals surface area contributed by atoms with Gasteiger partial charge in [-0.05, 0) is 51.3 Å². The number of hydrogen-bond donors (Lipinski definition) is 2. The molecule has 7 nitrogen and oxygen atoms in total. The molecule has 1 heterocycles. The normalized spacial score (nSPS) is 27.4. The van der Waals surface area contributed by atoms with Gasteiger partial charge in [0.15, 0.2) is 5.96 Å². The summed E-state index contributed by atoms with van der Waals surface area (Å²) in [5.41, 5.74) is 2.50. The number of benzene rings is 1. The van der Waals surface area contributed by atoms with Gasteiger partial charge in [-0.3, -0.25) is 19.5 Å². The summed E-state index contributed by atoms with van der Waals surface area (Å²) in [5.74, 6) is 1.12. The van der Waals surface area contributed by atoms with Gasteiger partial charge in [-0.15, -0.1) is 0 Å². The molecule has 7 heteroatoms. The Kier molecular flexibility index (Phi) is 6.65. The van der Waals surface area contributed by atoms with Crippen LogP contribution >= 0.6 is 0 Å². The maximum atomic E-state index is 12.8. The number of nitrogens with zero attached hydrogens (tertiary/aromatic N) is 3. The number of allylic oxidation sites excluding steroid dienone is 2. The van der Waals surface area contributed by atoms with Gasteiger partial charge >= 0.3 is 0 Å². The Morgan fingerprint density at radius 3 is 2.28 bits per heavy atom. The summed E-state index contributed by atoms with van der Waals surface area (Å²) in [6.07, 6.45) is 5.95. The zero-order valence-corrected chi connectivity index (χ0v) is 19.5. The number of likely N-dealkylation sites (N-methyl/N-ethyl adjacent to an activating group) is 1. The third kappa shape index (κ3) is 4.31. The number of carbonyl (C=O) groups excluding carboxylic acids is 2. The van der Waals surface area contributed by atoms with Crippen LogP contribution < -0.4 is 10.6 Å². The monoisotopic (exact) mass is 437 g/mol. The van der Waals surface area contributed by atoms with E-state index in [4.69, 9.17) is 0 Å². The second kappa shape index (κ2) is 9.45. The molecule has 1 saturated heterocycles. The zero-order chi connectivity index (χ0) is 22.8. The van der Waals surface area contributed by atoms with Gasteiger partial charge in [0.1, 0.15) is 0 Å². The number of hydrogen-bond acceptors (Lipinski definition) is 4. The second-order valence-corrected chi connectivity index (χ2v) is 9.45. The molecule has 2 N–H and O–H groups in total. The van der Waals surface area contributed by atoms with Gasteiger partial charge in [-0.25, -0.2) is 0 Å². The average molecular weight is 438 g/mol. The molecule has 0 radical (unpaired) electrons. The van der Waals surface area contributed by atoms with Crippen LogP contribution in [0.15, 0.2) is 41.4 Å². The molecular weight excluding hydrogens is 402 g/mol. The molecule has 5 unspecified atom stereocenters. The molecule has 1 aromatic rings. The van der Waals surface area contributed by atoms with Gasteiger partial charge in [0.25, 0.3) is 0 Å². The number of aryl methyl sites for hydroxylation is 1. The summed E-state index contributed by atoms with van der Waals surface area (Å²) in [6, 6.07) is 8.82. The topological polar surface area (TPSA) is 77.0 Å². The molecule has 0 spiro atoms. The smallest absolute Gasteiger partial charge is 0.233 e. The van der Waals surface area contributed by atoms with E-state index in [1.54, 1.807) is 7.05 Å². The van der Waals surface area contributed by atoms with Crippen molar-refractivity contribution in [2.45, 2.75) is 25.8 Å². The number of imide groups is 1. The molecule has 5 atom stereocenters. The Morgan fingerprint density at radius 2 is 1.72 bits per heavy atom. The number of nitrogens with one attached hydrogen (secondary N) is 2. The zero-order valence-electron chi connectivity index (χ0n) is 19.5. The molecule has 3 aliphatic rings. The van der Waals surface area contributed by atoms with Crippen LogP contribution in [-0.2, 0) is 9.59 Å². The Hall–Kier alpha value is -2.67. The maximum Gasteiger partial charge on any atom is 0.233 e. The van der Waals surface area contributed by atoms with Crippen molar-refractivity contribution in [3.05, 3.63) is 47.5 Å². The van der Waals surface area contributed by atoms with Gasteiger partial charge in [0.05, 0.1) is 17.9 Å². The lowest BCUT2D eigenvalue weighted by atomic mass is 9.85. The highest BCUT2D eigenvalue weighted by Crippen LogP contribution is 2.52. The molecule has 2 aliphatic carbocycles. The predicted molar refractivity (Wildman–Crippen MR) is 126 cm³/mol. The van der Waals surface area contributed by atoms with Crippen molar-refractivity contribution in [1.29, 1.82) is 0 Å². The lowest BCUT2D eigenvalue weighted by Gasteiger charge is -2.26. The van der Waals surface area contributed by atoms with E-state index < -0.39 is 0 Å². The van der Waals surface area contributed by atoms with Crippen LogP contribution in [0.3, 0.4) is 0 Å². The SMILES string of the molecule is CN=C(NCCCN1C(=O)C2C3C=CC(C3)C2C1=O)NCC(c1ccc(C)cc1)N(C)C. The first-order valence-electron chi connectivity index (χ1n) is 11.6. The molecule has 172 valence electrons. The fourth-order valence-electron chi connectivity index (χ4n) is 5.43. The number of guanidine groups is 1. The van der Waals surface area contributed by atoms with Gasteiger partial charge in [-0.1, -0.05) is 42.0 Å². The Balaban J connectivity index is 1.23. The van der Waals surface area contributed by atoms with Gasteiger partial charge in [0, 0.05) is 26.7 Å². The first-order valence-corrected chi connectivity index (χ1v) is 11.6. The van der Waals surface area contributed by atoms with Crippen LogP contribution in [0.2, 0.25) is 0 Å². The number of likely N-dealkylation sites (tertiary alicyclic amines) is 1. The van der Waals surface area contributed by atoms with E-state index >= 15 is 0 Å². The summed E-state index contributed by atoms with van der Waals surface area (Å²) in [4.78, 5) is 33.6. The van der Waals surface area contributed by atoms with E-state index in [1.165, 1.54) is 16.0 Å². The fourth-order valence-corrected chi connectivity index (χ4v) is 5.43. The minimum Gasteiger partial charge on any atom is -0.356 e. The van der Waals surface area contributed by atoms with E-state index in [9.17, 15) is 9.59 Å². The van der Waals surface area contributed by atoms with Crippen LogP contribution in [0.4, 0.5) is 0 Å². The molecule has 4 rings (SSSR count). The highest BCUT2D eigenvalue weighted by atomic mass is 16.2. The molecule has 1 aliphatic heterocycles. The molecule has 0 aromatic heterocycles. The number of fused-ring (bicyclic) bond motifs is 5. The Bertz CT molecular complexity index is 877. The fraction of sp³-hybridized carbons (Fsp3) is 0.560. The van der Waals surface area contributed by atoms with Crippen LogP contribution in [0.5, 0.6) is 0 Å². The van der Waals surface area contributed by atoms with E-state index in [0.717, 1.165) is 18.9 Å². The number of carbonyl (C=O) groups is 2. The lowest BCUT2D eigenvalue weighted by Crippen LogP contribution is -2.43.